The minimum Gasteiger partial charge on any atom is -0.455 e. The van der Waals surface area contributed by atoms with Crippen LogP contribution in [-0.2, 0) is 19.1 Å². The molecule has 0 aliphatic carbocycles. The maximum Gasteiger partial charge on any atom is 0.311 e. The number of anilines is 2. The summed E-state index contributed by atoms with van der Waals surface area (Å²) >= 11 is 0. The van der Waals surface area contributed by atoms with E-state index >= 15 is 0 Å². The van der Waals surface area contributed by atoms with Gasteiger partial charge in [0.05, 0.1) is 11.6 Å². The van der Waals surface area contributed by atoms with E-state index in [1.165, 1.54) is 23.1 Å². The van der Waals surface area contributed by atoms with E-state index in [1.54, 1.807) is 12.1 Å². The molecular weight excluding hydrogens is 363 g/mol. The smallest absolute Gasteiger partial charge is 0.311 e. The number of nitrogens with one attached hydrogen (secondary N) is 1. The van der Waals surface area contributed by atoms with Gasteiger partial charge in [-0.05, 0) is 43.2 Å². The summed E-state index contributed by atoms with van der Waals surface area (Å²) in [4.78, 5) is 37.7. The van der Waals surface area contributed by atoms with Gasteiger partial charge < -0.3 is 15.0 Å². The third-order valence-electron chi connectivity index (χ3n) is 4.83. The quantitative estimate of drug-likeness (QED) is 0.804. The van der Waals surface area contributed by atoms with Crippen LogP contribution >= 0.6 is 0 Å². The maximum absolute atomic E-state index is 13.9. The summed E-state index contributed by atoms with van der Waals surface area (Å²) in [6.07, 6.45) is -0.0776. The van der Waals surface area contributed by atoms with E-state index in [1.807, 2.05) is 26.0 Å². The van der Waals surface area contributed by atoms with Gasteiger partial charge >= 0.3 is 5.97 Å². The molecule has 3 rings (SSSR count). The summed E-state index contributed by atoms with van der Waals surface area (Å²) in [6.45, 7) is 3.40. The van der Waals surface area contributed by atoms with Crippen LogP contribution in [0.15, 0.2) is 42.5 Å². The van der Waals surface area contributed by atoms with Crippen molar-refractivity contribution in [2.45, 2.75) is 20.3 Å². The van der Waals surface area contributed by atoms with E-state index in [0.717, 1.165) is 11.1 Å². The number of ether oxygens (including phenoxy) is 1. The monoisotopic (exact) mass is 384 g/mol. The predicted molar refractivity (Wildman–Crippen MR) is 102 cm³/mol. The van der Waals surface area contributed by atoms with E-state index in [0.29, 0.717) is 5.69 Å². The van der Waals surface area contributed by atoms with Crippen LogP contribution in [0.5, 0.6) is 0 Å². The zero-order chi connectivity index (χ0) is 20.3. The fraction of sp³-hybridized carbons (Fsp3) is 0.286. The number of halogens is 1. The van der Waals surface area contributed by atoms with E-state index in [2.05, 4.69) is 5.32 Å². The molecule has 2 aromatic rings. The van der Waals surface area contributed by atoms with Gasteiger partial charge in [0.25, 0.3) is 5.91 Å². The number of nitrogens with zero attached hydrogens (tertiary/aromatic N) is 1. The Bertz CT molecular complexity index is 928. The molecule has 0 spiro atoms. The first kappa shape index (κ1) is 19.5. The van der Waals surface area contributed by atoms with Gasteiger partial charge in [0, 0.05) is 18.7 Å². The molecule has 1 saturated heterocycles. The molecule has 1 N–H and O–H groups in total. The maximum atomic E-state index is 13.9. The van der Waals surface area contributed by atoms with Gasteiger partial charge in [0.2, 0.25) is 5.91 Å². The second-order valence-corrected chi connectivity index (χ2v) is 6.76. The highest BCUT2D eigenvalue weighted by Crippen LogP contribution is 2.27. The third kappa shape index (κ3) is 4.19. The van der Waals surface area contributed by atoms with Crippen LogP contribution in [0.25, 0.3) is 0 Å². The predicted octanol–water partition coefficient (Wildman–Crippen LogP) is 2.98. The number of rotatable bonds is 5. The Labute approximate surface area is 162 Å². The van der Waals surface area contributed by atoms with Gasteiger partial charge in [0.15, 0.2) is 6.61 Å². The molecule has 0 radical (unpaired) electrons. The Hall–Kier alpha value is -3.22. The number of para-hydroxylation sites is 1. The molecule has 1 atom stereocenters. The number of benzene rings is 2. The van der Waals surface area contributed by atoms with Crippen molar-refractivity contribution in [1.29, 1.82) is 0 Å². The number of carbonyl (C=O) groups is 3. The average molecular weight is 384 g/mol. The number of aryl methyl sites for hydroxylation is 1. The standard InChI is InChI=1S/C21H21FN2O4/c1-13-6-5-8-17(14(13)2)23-19(25)12-28-21(27)15-10-20(26)24(11-15)18-9-4-3-7-16(18)22/h3-9,15H,10-12H2,1-2H3,(H,23,25)/t15-/m1/s1. The molecule has 28 heavy (non-hydrogen) atoms. The molecule has 0 bridgehead atoms. The van der Waals surface area contributed by atoms with Crippen LogP contribution in [-0.4, -0.2) is 30.9 Å². The van der Waals surface area contributed by atoms with Crippen molar-refractivity contribution < 1.29 is 23.5 Å². The molecule has 1 heterocycles. The summed E-state index contributed by atoms with van der Waals surface area (Å²) in [5.74, 6) is -2.73. The highest BCUT2D eigenvalue weighted by atomic mass is 19.1. The van der Waals surface area contributed by atoms with Crippen molar-refractivity contribution in [2.24, 2.45) is 5.92 Å². The zero-order valence-electron chi connectivity index (χ0n) is 15.7. The summed E-state index contributed by atoms with van der Waals surface area (Å²) in [5.41, 5.74) is 2.76. The summed E-state index contributed by atoms with van der Waals surface area (Å²) in [7, 11) is 0. The van der Waals surface area contributed by atoms with Crippen molar-refractivity contribution in [2.75, 3.05) is 23.4 Å². The van der Waals surface area contributed by atoms with Crippen molar-refractivity contribution in [3.63, 3.8) is 0 Å². The minimum atomic E-state index is -0.736. The van der Waals surface area contributed by atoms with Gasteiger partial charge in [-0.15, -0.1) is 0 Å². The lowest BCUT2D eigenvalue weighted by Gasteiger charge is -2.17. The summed E-state index contributed by atoms with van der Waals surface area (Å²) in [6, 6.07) is 11.4. The minimum absolute atomic E-state index is 0.0250. The van der Waals surface area contributed by atoms with E-state index in [9.17, 15) is 18.8 Å². The molecule has 0 aromatic heterocycles. The molecule has 0 saturated carbocycles. The highest BCUT2D eigenvalue weighted by molar-refractivity contribution is 6.00. The molecular formula is C21H21FN2O4. The molecule has 1 aliphatic heterocycles. The van der Waals surface area contributed by atoms with Crippen LogP contribution in [0.4, 0.5) is 15.8 Å². The van der Waals surface area contributed by atoms with E-state index in [-0.39, 0.29) is 24.6 Å². The van der Waals surface area contributed by atoms with Gasteiger partial charge in [-0.3, -0.25) is 14.4 Å². The Morgan fingerprint density at radius 1 is 1.18 bits per heavy atom. The molecule has 1 fully saturated rings. The number of hydrogen-bond donors (Lipinski definition) is 1. The van der Waals surface area contributed by atoms with Crippen molar-refractivity contribution in [3.8, 4) is 0 Å². The Morgan fingerprint density at radius 2 is 1.93 bits per heavy atom. The van der Waals surface area contributed by atoms with Crippen molar-refractivity contribution >= 4 is 29.2 Å². The molecule has 2 amide bonds. The summed E-state index contributed by atoms with van der Waals surface area (Å²) in [5, 5.41) is 2.70. The van der Waals surface area contributed by atoms with Gasteiger partial charge in [0.1, 0.15) is 5.82 Å². The molecule has 6 nitrogen and oxygen atoms in total. The number of carbonyl (C=O) groups excluding carboxylic acids is 3. The second-order valence-electron chi connectivity index (χ2n) is 6.76. The topological polar surface area (TPSA) is 75.7 Å². The Balaban J connectivity index is 1.55. The van der Waals surface area contributed by atoms with Crippen LogP contribution in [0.2, 0.25) is 0 Å². The molecule has 0 unspecified atom stereocenters. The van der Waals surface area contributed by atoms with Crippen LogP contribution < -0.4 is 10.2 Å². The van der Waals surface area contributed by atoms with Gasteiger partial charge in [-0.2, -0.15) is 0 Å². The van der Waals surface area contributed by atoms with Crippen LogP contribution in [0, 0.1) is 25.6 Å². The Kier molecular flexibility index (Phi) is 5.73. The number of hydrogen-bond acceptors (Lipinski definition) is 4. The summed E-state index contributed by atoms with van der Waals surface area (Å²) < 4.78 is 19.0. The lowest BCUT2D eigenvalue weighted by molar-refractivity contribution is -0.151. The molecule has 146 valence electrons. The first-order chi connectivity index (χ1) is 13.4. The van der Waals surface area contributed by atoms with Gasteiger partial charge in [-0.1, -0.05) is 24.3 Å². The molecule has 7 heteroatoms. The lowest BCUT2D eigenvalue weighted by atomic mass is 10.1. The van der Waals surface area contributed by atoms with Crippen molar-refractivity contribution in [3.05, 3.63) is 59.4 Å². The van der Waals surface area contributed by atoms with E-state index in [4.69, 9.17) is 4.74 Å². The van der Waals surface area contributed by atoms with Gasteiger partial charge in [-0.25, -0.2) is 4.39 Å². The zero-order valence-corrected chi connectivity index (χ0v) is 15.7. The van der Waals surface area contributed by atoms with Crippen LogP contribution in [0.1, 0.15) is 17.5 Å². The van der Waals surface area contributed by atoms with E-state index < -0.39 is 30.2 Å². The first-order valence-electron chi connectivity index (χ1n) is 8.94. The molecule has 1 aliphatic rings. The van der Waals surface area contributed by atoms with Crippen LogP contribution in [0.3, 0.4) is 0 Å². The SMILES string of the molecule is Cc1cccc(NC(=O)COC(=O)[C@@H]2CC(=O)N(c3ccccc3F)C2)c1C. The van der Waals surface area contributed by atoms with Crippen molar-refractivity contribution in [1.82, 2.24) is 0 Å². The number of amides is 2. The highest BCUT2D eigenvalue weighted by Gasteiger charge is 2.37. The third-order valence-corrected chi connectivity index (χ3v) is 4.83. The average Bonchev–Trinajstić information content (AvgIpc) is 3.05. The second kappa shape index (κ2) is 8.21. The number of esters is 1. The first-order valence-corrected chi connectivity index (χ1v) is 8.94. The fourth-order valence-electron chi connectivity index (χ4n) is 3.10. The lowest BCUT2D eigenvalue weighted by Crippen LogP contribution is -2.28. The Morgan fingerprint density at radius 3 is 2.68 bits per heavy atom. The molecule has 2 aromatic carbocycles. The normalized spacial score (nSPS) is 16.2. The largest absolute Gasteiger partial charge is 0.455 e. The fourth-order valence-corrected chi connectivity index (χ4v) is 3.10.